The molecule has 2 aliphatic rings. The van der Waals surface area contributed by atoms with Crippen molar-refractivity contribution in [2.24, 2.45) is 0 Å². The van der Waals surface area contributed by atoms with E-state index in [1.54, 1.807) is 0 Å². The molecule has 3 atom stereocenters. The Kier molecular flexibility index (Phi) is 4.19. The molecule has 1 saturated carbocycles. The van der Waals surface area contributed by atoms with E-state index < -0.39 is 0 Å². The minimum Gasteiger partial charge on any atom is -0.390 e. The molecule has 0 aromatic carbocycles. The topological polar surface area (TPSA) is 44.7 Å². The van der Waals surface area contributed by atoms with E-state index in [0.717, 1.165) is 26.1 Å². The summed E-state index contributed by atoms with van der Waals surface area (Å²) in [5.41, 5.74) is 0. The molecule has 4 nitrogen and oxygen atoms in total. The van der Waals surface area contributed by atoms with Crippen LogP contribution in [0.3, 0.4) is 0 Å². The maximum atomic E-state index is 9.90. The van der Waals surface area contributed by atoms with Gasteiger partial charge in [-0.2, -0.15) is 0 Å². The molecule has 0 aromatic rings. The highest BCUT2D eigenvalue weighted by molar-refractivity contribution is 4.84. The molecule has 16 heavy (non-hydrogen) atoms. The predicted octanol–water partition coefficient (Wildman–Crippen LogP) is 0.209. The summed E-state index contributed by atoms with van der Waals surface area (Å²) in [4.78, 5) is 2.23. The summed E-state index contributed by atoms with van der Waals surface area (Å²) in [7, 11) is 2.08. The first-order valence-electron chi connectivity index (χ1n) is 6.40. The summed E-state index contributed by atoms with van der Waals surface area (Å²) in [5.74, 6) is 0. The number of aliphatic hydroxyl groups is 1. The SMILES string of the molecule is CC1OCCC1N(C)CC(O)CNC1CC1. The van der Waals surface area contributed by atoms with Gasteiger partial charge in [-0.1, -0.05) is 0 Å². The van der Waals surface area contributed by atoms with Crippen LogP contribution in [-0.4, -0.2) is 61.0 Å². The summed E-state index contributed by atoms with van der Waals surface area (Å²) >= 11 is 0. The van der Waals surface area contributed by atoms with Gasteiger partial charge in [0, 0.05) is 31.8 Å². The summed E-state index contributed by atoms with van der Waals surface area (Å²) in [6.45, 7) is 4.42. The summed E-state index contributed by atoms with van der Waals surface area (Å²) in [5, 5.41) is 13.3. The van der Waals surface area contributed by atoms with E-state index in [-0.39, 0.29) is 6.10 Å². The Morgan fingerprint density at radius 1 is 1.44 bits per heavy atom. The molecule has 2 N–H and O–H groups in total. The summed E-state index contributed by atoms with van der Waals surface area (Å²) < 4.78 is 5.54. The van der Waals surface area contributed by atoms with Gasteiger partial charge in [0.2, 0.25) is 0 Å². The van der Waals surface area contributed by atoms with E-state index in [9.17, 15) is 5.11 Å². The van der Waals surface area contributed by atoms with Crippen molar-refractivity contribution < 1.29 is 9.84 Å². The second-order valence-corrected chi connectivity index (χ2v) is 5.21. The smallest absolute Gasteiger partial charge is 0.0791 e. The molecule has 0 amide bonds. The van der Waals surface area contributed by atoms with Crippen molar-refractivity contribution in [3.63, 3.8) is 0 Å². The van der Waals surface area contributed by atoms with E-state index in [1.807, 2.05) is 0 Å². The summed E-state index contributed by atoms with van der Waals surface area (Å²) in [6.07, 6.45) is 3.67. The Labute approximate surface area is 98.0 Å². The second kappa shape index (κ2) is 5.45. The summed E-state index contributed by atoms with van der Waals surface area (Å²) in [6, 6.07) is 1.14. The van der Waals surface area contributed by atoms with E-state index >= 15 is 0 Å². The maximum Gasteiger partial charge on any atom is 0.0791 e. The van der Waals surface area contributed by atoms with Gasteiger partial charge in [0.25, 0.3) is 0 Å². The first-order chi connectivity index (χ1) is 7.66. The number of ether oxygens (including phenoxy) is 1. The molecule has 3 unspecified atom stereocenters. The molecule has 1 heterocycles. The van der Waals surface area contributed by atoms with Crippen LogP contribution >= 0.6 is 0 Å². The zero-order valence-corrected chi connectivity index (χ0v) is 10.4. The van der Waals surface area contributed by atoms with Gasteiger partial charge < -0.3 is 15.2 Å². The lowest BCUT2D eigenvalue weighted by molar-refractivity contribution is 0.0580. The third kappa shape index (κ3) is 3.42. The number of likely N-dealkylation sites (N-methyl/N-ethyl adjacent to an activating group) is 1. The fourth-order valence-corrected chi connectivity index (χ4v) is 2.42. The average Bonchev–Trinajstić information content (AvgIpc) is 2.97. The Bertz CT molecular complexity index is 221. The van der Waals surface area contributed by atoms with E-state index in [0.29, 0.717) is 18.2 Å². The molecule has 0 bridgehead atoms. The van der Waals surface area contributed by atoms with Crippen LogP contribution in [-0.2, 0) is 4.74 Å². The van der Waals surface area contributed by atoms with Gasteiger partial charge in [-0.05, 0) is 33.2 Å². The molecule has 1 saturated heterocycles. The van der Waals surface area contributed by atoms with Crippen LogP contribution in [0.4, 0.5) is 0 Å². The molecular weight excluding hydrogens is 204 g/mol. The first kappa shape index (κ1) is 12.3. The third-order valence-electron chi connectivity index (χ3n) is 3.62. The highest BCUT2D eigenvalue weighted by Crippen LogP contribution is 2.19. The van der Waals surface area contributed by atoms with Crippen LogP contribution in [0, 0.1) is 0 Å². The highest BCUT2D eigenvalue weighted by atomic mass is 16.5. The molecule has 2 rings (SSSR count). The molecule has 4 heteroatoms. The fourth-order valence-electron chi connectivity index (χ4n) is 2.42. The molecule has 0 spiro atoms. The van der Waals surface area contributed by atoms with Gasteiger partial charge in [-0.15, -0.1) is 0 Å². The minimum absolute atomic E-state index is 0.265. The number of aliphatic hydroxyl groups excluding tert-OH is 1. The molecule has 0 aromatic heterocycles. The lowest BCUT2D eigenvalue weighted by Gasteiger charge is -2.28. The lowest BCUT2D eigenvalue weighted by atomic mass is 10.1. The van der Waals surface area contributed by atoms with E-state index in [4.69, 9.17) is 4.74 Å². The van der Waals surface area contributed by atoms with Crippen molar-refractivity contribution in [2.45, 2.75) is 50.5 Å². The number of nitrogens with one attached hydrogen (secondary N) is 1. The normalized spacial score (nSPS) is 32.2. The van der Waals surface area contributed by atoms with Gasteiger partial charge in [-0.25, -0.2) is 0 Å². The quantitative estimate of drug-likeness (QED) is 0.682. The van der Waals surface area contributed by atoms with Crippen LogP contribution in [0.5, 0.6) is 0 Å². The van der Waals surface area contributed by atoms with E-state index in [1.165, 1.54) is 12.8 Å². The standard InChI is InChI=1S/C12H24N2O2/c1-9-12(5-6-16-9)14(2)8-11(15)7-13-10-3-4-10/h9-13,15H,3-8H2,1-2H3. The molecule has 2 fully saturated rings. The maximum absolute atomic E-state index is 9.90. The van der Waals surface area contributed by atoms with Crippen molar-refractivity contribution in [1.29, 1.82) is 0 Å². The van der Waals surface area contributed by atoms with Gasteiger partial charge >= 0.3 is 0 Å². The monoisotopic (exact) mass is 228 g/mol. The zero-order chi connectivity index (χ0) is 11.5. The van der Waals surface area contributed by atoms with Crippen LogP contribution in [0.15, 0.2) is 0 Å². The molecule has 0 radical (unpaired) electrons. The zero-order valence-electron chi connectivity index (χ0n) is 10.4. The first-order valence-corrected chi connectivity index (χ1v) is 6.40. The van der Waals surface area contributed by atoms with Crippen LogP contribution in [0.2, 0.25) is 0 Å². The van der Waals surface area contributed by atoms with Crippen LogP contribution in [0.25, 0.3) is 0 Å². The van der Waals surface area contributed by atoms with Gasteiger partial charge in [0.05, 0.1) is 12.2 Å². The van der Waals surface area contributed by atoms with Gasteiger partial charge in [0.15, 0.2) is 0 Å². The lowest BCUT2D eigenvalue weighted by Crippen LogP contribution is -2.44. The molecule has 1 aliphatic heterocycles. The molecule has 1 aliphatic carbocycles. The van der Waals surface area contributed by atoms with Crippen molar-refractivity contribution in [3.05, 3.63) is 0 Å². The number of rotatable bonds is 6. The third-order valence-corrected chi connectivity index (χ3v) is 3.62. The number of hydrogen-bond donors (Lipinski definition) is 2. The Balaban J connectivity index is 1.66. The predicted molar refractivity (Wildman–Crippen MR) is 63.5 cm³/mol. The van der Waals surface area contributed by atoms with Crippen molar-refractivity contribution in [1.82, 2.24) is 10.2 Å². The number of hydrogen-bond acceptors (Lipinski definition) is 4. The van der Waals surface area contributed by atoms with Crippen molar-refractivity contribution >= 4 is 0 Å². The largest absolute Gasteiger partial charge is 0.390 e. The number of nitrogens with zero attached hydrogens (tertiary/aromatic N) is 1. The minimum atomic E-state index is -0.265. The molecular formula is C12H24N2O2. The Hall–Kier alpha value is -0.160. The van der Waals surface area contributed by atoms with Crippen molar-refractivity contribution in [2.75, 3.05) is 26.7 Å². The van der Waals surface area contributed by atoms with Crippen LogP contribution < -0.4 is 5.32 Å². The average molecular weight is 228 g/mol. The fraction of sp³-hybridized carbons (Fsp3) is 1.00. The Morgan fingerprint density at radius 2 is 2.19 bits per heavy atom. The van der Waals surface area contributed by atoms with Gasteiger partial charge in [0.1, 0.15) is 0 Å². The second-order valence-electron chi connectivity index (χ2n) is 5.21. The van der Waals surface area contributed by atoms with Gasteiger partial charge in [-0.3, -0.25) is 4.90 Å². The molecule has 94 valence electrons. The highest BCUT2D eigenvalue weighted by Gasteiger charge is 2.29. The van der Waals surface area contributed by atoms with Crippen LogP contribution in [0.1, 0.15) is 26.2 Å². The van der Waals surface area contributed by atoms with Crippen molar-refractivity contribution in [3.8, 4) is 0 Å². The Morgan fingerprint density at radius 3 is 2.75 bits per heavy atom. The van der Waals surface area contributed by atoms with E-state index in [2.05, 4.69) is 24.2 Å².